The Hall–Kier alpha value is -3.19. The van der Waals surface area contributed by atoms with E-state index < -0.39 is 11.7 Å². The van der Waals surface area contributed by atoms with Crippen molar-refractivity contribution >= 4 is 17.0 Å². The van der Waals surface area contributed by atoms with E-state index in [4.69, 9.17) is 5.11 Å². The molecule has 0 unspecified atom stereocenters. The number of nitrogens with zero attached hydrogens (tertiary/aromatic N) is 4. The van der Waals surface area contributed by atoms with Crippen molar-refractivity contribution in [2.24, 2.45) is 0 Å². The van der Waals surface area contributed by atoms with Crippen LogP contribution in [0.3, 0.4) is 0 Å². The van der Waals surface area contributed by atoms with Crippen molar-refractivity contribution in [1.82, 2.24) is 19.9 Å². The van der Waals surface area contributed by atoms with Crippen molar-refractivity contribution < 1.29 is 18.3 Å². The predicted octanol–water partition coefficient (Wildman–Crippen LogP) is 4.26. The summed E-state index contributed by atoms with van der Waals surface area (Å²) in [6, 6.07) is 2.92. The lowest BCUT2D eigenvalue weighted by Gasteiger charge is -2.14. The maximum Gasteiger partial charge on any atom is 0.417 e. The maximum absolute atomic E-state index is 12.9. The van der Waals surface area contributed by atoms with E-state index >= 15 is 0 Å². The van der Waals surface area contributed by atoms with Gasteiger partial charge in [-0.05, 0) is 18.9 Å². The van der Waals surface area contributed by atoms with Crippen LogP contribution in [0.15, 0.2) is 24.7 Å². The van der Waals surface area contributed by atoms with Gasteiger partial charge in [0.15, 0.2) is 0 Å². The molecule has 0 saturated heterocycles. The van der Waals surface area contributed by atoms with Crippen LogP contribution in [0.25, 0.3) is 22.3 Å². The van der Waals surface area contributed by atoms with Crippen LogP contribution in [-0.2, 0) is 6.18 Å². The van der Waals surface area contributed by atoms with Crippen LogP contribution in [-0.4, -0.2) is 38.2 Å². The average molecular weight is 418 g/mol. The minimum atomic E-state index is -4.50. The number of halogens is 3. The van der Waals surface area contributed by atoms with E-state index in [1.807, 2.05) is 6.07 Å². The molecular formula is C20H21F3N6O. The number of aromatic amines is 1. The van der Waals surface area contributed by atoms with Gasteiger partial charge < -0.3 is 15.4 Å². The molecule has 0 spiro atoms. The molecular weight excluding hydrogens is 397 g/mol. The van der Waals surface area contributed by atoms with E-state index in [0.717, 1.165) is 25.1 Å². The fraction of sp³-hybridized carbons (Fsp3) is 0.400. The Labute approximate surface area is 171 Å². The van der Waals surface area contributed by atoms with Crippen molar-refractivity contribution in [3.05, 3.63) is 35.8 Å². The van der Waals surface area contributed by atoms with E-state index in [2.05, 4.69) is 25.3 Å². The quantitative estimate of drug-likeness (QED) is 0.573. The number of pyridine rings is 1. The molecule has 0 bridgehead atoms. The zero-order valence-electron chi connectivity index (χ0n) is 16.3. The SMILES string of the molecule is CNc1ncc(C#N)c(-c2c[nH]c3ncc(C(F)(F)F)cc23)n1.OC1CCCCC1. The Balaban J connectivity index is 0.000000310. The minimum Gasteiger partial charge on any atom is -0.393 e. The molecule has 1 fully saturated rings. The number of anilines is 1. The summed E-state index contributed by atoms with van der Waals surface area (Å²) in [5.74, 6) is 0.258. The fourth-order valence-corrected chi connectivity index (χ4v) is 3.22. The molecule has 3 heterocycles. The summed E-state index contributed by atoms with van der Waals surface area (Å²) in [6.07, 6.45) is 4.96. The second kappa shape index (κ2) is 9.09. The Kier molecular flexibility index (Phi) is 6.52. The van der Waals surface area contributed by atoms with Crippen molar-refractivity contribution in [2.45, 2.75) is 44.4 Å². The highest BCUT2D eigenvalue weighted by atomic mass is 19.4. The molecule has 30 heavy (non-hydrogen) atoms. The van der Waals surface area contributed by atoms with E-state index in [1.54, 1.807) is 7.05 Å². The molecule has 1 saturated carbocycles. The summed E-state index contributed by atoms with van der Waals surface area (Å²) in [5.41, 5.74) is 0.157. The van der Waals surface area contributed by atoms with Crippen LogP contribution in [0.4, 0.5) is 19.1 Å². The Morgan fingerprint density at radius 1 is 1.20 bits per heavy atom. The summed E-state index contributed by atoms with van der Waals surface area (Å²) in [7, 11) is 1.60. The molecule has 0 aromatic carbocycles. The van der Waals surface area contributed by atoms with Crippen LogP contribution in [0, 0.1) is 11.3 Å². The lowest BCUT2D eigenvalue weighted by molar-refractivity contribution is -0.137. The normalized spacial score (nSPS) is 14.7. The molecule has 0 atom stereocenters. The Morgan fingerprint density at radius 3 is 2.50 bits per heavy atom. The van der Waals surface area contributed by atoms with Gasteiger partial charge in [-0.15, -0.1) is 0 Å². The molecule has 1 aliphatic carbocycles. The third-order valence-corrected chi connectivity index (χ3v) is 4.82. The number of fused-ring (bicyclic) bond motifs is 1. The van der Waals surface area contributed by atoms with Gasteiger partial charge in [0.25, 0.3) is 0 Å². The smallest absolute Gasteiger partial charge is 0.393 e. The van der Waals surface area contributed by atoms with Gasteiger partial charge in [0.05, 0.1) is 29.1 Å². The monoisotopic (exact) mass is 418 g/mol. The molecule has 1 aliphatic rings. The number of hydrogen-bond acceptors (Lipinski definition) is 6. The summed E-state index contributed by atoms with van der Waals surface area (Å²) >= 11 is 0. The third kappa shape index (κ3) is 4.86. The maximum atomic E-state index is 12.9. The zero-order valence-corrected chi connectivity index (χ0v) is 16.3. The van der Waals surface area contributed by atoms with Crippen LogP contribution in [0.2, 0.25) is 0 Å². The molecule has 0 radical (unpaired) electrons. The molecule has 7 nitrogen and oxygen atoms in total. The summed E-state index contributed by atoms with van der Waals surface area (Å²) in [6.45, 7) is 0. The first-order valence-corrected chi connectivity index (χ1v) is 9.51. The van der Waals surface area contributed by atoms with Gasteiger partial charge in [-0.1, -0.05) is 19.3 Å². The van der Waals surface area contributed by atoms with Gasteiger partial charge in [-0.2, -0.15) is 18.4 Å². The van der Waals surface area contributed by atoms with E-state index in [1.165, 1.54) is 31.7 Å². The van der Waals surface area contributed by atoms with Crippen LogP contribution in [0.5, 0.6) is 0 Å². The second-order valence-electron chi connectivity index (χ2n) is 6.93. The van der Waals surface area contributed by atoms with Gasteiger partial charge in [-0.25, -0.2) is 15.0 Å². The van der Waals surface area contributed by atoms with E-state index in [9.17, 15) is 18.4 Å². The molecule has 158 valence electrons. The third-order valence-electron chi connectivity index (χ3n) is 4.82. The lowest BCUT2D eigenvalue weighted by atomic mass is 9.98. The average Bonchev–Trinajstić information content (AvgIpc) is 3.17. The lowest BCUT2D eigenvalue weighted by Crippen LogP contribution is -2.09. The van der Waals surface area contributed by atoms with E-state index in [-0.39, 0.29) is 34.3 Å². The number of aliphatic hydroxyl groups is 1. The molecule has 3 aromatic rings. The molecule has 4 rings (SSSR count). The number of hydrogen-bond donors (Lipinski definition) is 3. The Morgan fingerprint density at radius 2 is 1.93 bits per heavy atom. The highest BCUT2D eigenvalue weighted by Gasteiger charge is 2.31. The first-order chi connectivity index (χ1) is 14.3. The van der Waals surface area contributed by atoms with Gasteiger partial charge >= 0.3 is 6.18 Å². The summed E-state index contributed by atoms with van der Waals surface area (Å²) in [5, 5.41) is 21.0. The molecule has 0 aliphatic heterocycles. The molecule has 10 heteroatoms. The molecule has 3 N–H and O–H groups in total. The van der Waals surface area contributed by atoms with Crippen molar-refractivity contribution in [3.63, 3.8) is 0 Å². The van der Waals surface area contributed by atoms with Gasteiger partial charge in [0.1, 0.15) is 11.7 Å². The first-order valence-electron chi connectivity index (χ1n) is 9.51. The topological polar surface area (TPSA) is 111 Å². The number of aromatic nitrogens is 4. The van der Waals surface area contributed by atoms with Crippen molar-refractivity contribution in [3.8, 4) is 17.3 Å². The van der Waals surface area contributed by atoms with Gasteiger partial charge in [0, 0.05) is 30.4 Å². The molecule has 0 amide bonds. The minimum absolute atomic E-state index is 0.0359. The number of H-pyrrole nitrogens is 1. The number of alkyl halides is 3. The van der Waals surface area contributed by atoms with Gasteiger partial charge in [0.2, 0.25) is 5.95 Å². The number of rotatable bonds is 2. The summed E-state index contributed by atoms with van der Waals surface area (Å²) < 4.78 is 38.6. The fourth-order valence-electron chi connectivity index (χ4n) is 3.22. The zero-order chi connectivity index (χ0) is 21.7. The van der Waals surface area contributed by atoms with Crippen molar-refractivity contribution in [1.29, 1.82) is 5.26 Å². The van der Waals surface area contributed by atoms with Crippen LogP contribution >= 0.6 is 0 Å². The number of nitrogens with one attached hydrogen (secondary N) is 2. The molecule has 3 aromatic heterocycles. The number of nitriles is 1. The highest BCUT2D eigenvalue weighted by Crippen LogP contribution is 2.34. The standard InChI is InChI=1S/C14H9F3N6.C6H12O/c1-19-13-22-4-7(3-18)11(23-13)10-6-21-12-9(10)2-8(5-20-12)14(15,16)17;7-6-4-2-1-3-5-6/h2,4-6H,1H3,(H,20,21)(H,19,22,23);6-7H,1-5H2. The highest BCUT2D eigenvalue weighted by molar-refractivity contribution is 5.94. The predicted molar refractivity (Wildman–Crippen MR) is 105 cm³/mol. The number of aliphatic hydroxyl groups excluding tert-OH is 1. The van der Waals surface area contributed by atoms with E-state index in [0.29, 0.717) is 5.56 Å². The van der Waals surface area contributed by atoms with Crippen molar-refractivity contribution in [2.75, 3.05) is 12.4 Å². The Bertz CT molecular complexity index is 1050. The first kappa shape index (κ1) is 21.5. The summed E-state index contributed by atoms with van der Waals surface area (Å²) in [4.78, 5) is 14.7. The van der Waals surface area contributed by atoms with Crippen LogP contribution < -0.4 is 5.32 Å². The van der Waals surface area contributed by atoms with Crippen LogP contribution in [0.1, 0.15) is 43.2 Å². The second-order valence-corrected chi connectivity index (χ2v) is 6.93. The largest absolute Gasteiger partial charge is 0.417 e. The van der Waals surface area contributed by atoms with Gasteiger partial charge in [-0.3, -0.25) is 0 Å².